The molecule has 1 amide bonds. The number of amides is 1. The van der Waals surface area contributed by atoms with Crippen molar-refractivity contribution in [3.8, 4) is 22.8 Å². The molecule has 0 aliphatic carbocycles. The summed E-state index contributed by atoms with van der Waals surface area (Å²) in [4.78, 5) is 19.1. The number of nitrogens with one attached hydrogen (secondary N) is 1. The van der Waals surface area contributed by atoms with Gasteiger partial charge in [-0.15, -0.1) is 10.2 Å². The van der Waals surface area contributed by atoms with Crippen molar-refractivity contribution in [2.75, 3.05) is 29.6 Å². The zero-order chi connectivity index (χ0) is 28.1. The van der Waals surface area contributed by atoms with E-state index in [1.165, 1.54) is 11.8 Å². The van der Waals surface area contributed by atoms with Crippen LogP contribution in [0, 0.1) is 0 Å². The molecule has 0 bridgehead atoms. The SMILES string of the molecule is CCNc1nc(-c2ccc(C=NN=C3SCC(=O)N3c3ccccc3C(C)C)cc2)nn1-c1ccc(OC)cc1. The average molecular weight is 554 g/mol. The Morgan fingerprint density at radius 1 is 1.07 bits per heavy atom. The topological polar surface area (TPSA) is 97.0 Å². The number of methoxy groups -OCH3 is 1. The number of ether oxygens (including phenoxy) is 1. The summed E-state index contributed by atoms with van der Waals surface area (Å²) in [6.45, 7) is 6.97. The molecule has 4 aromatic rings. The normalized spacial score (nSPS) is 14.6. The number of carbonyl (C=O) groups excluding carboxylic acids is 1. The van der Waals surface area contributed by atoms with Crippen molar-refractivity contribution in [1.29, 1.82) is 0 Å². The Kier molecular flexibility index (Phi) is 8.26. The third-order valence-electron chi connectivity index (χ3n) is 6.34. The van der Waals surface area contributed by atoms with E-state index in [-0.39, 0.29) is 11.8 Å². The molecule has 204 valence electrons. The molecule has 10 heteroatoms. The highest BCUT2D eigenvalue weighted by Crippen LogP contribution is 2.33. The minimum atomic E-state index is 0.00918. The van der Waals surface area contributed by atoms with Crippen molar-refractivity contribution in [2.24, 2.45) is 10.2 Å². The minimum absolute atomic E-state index is 0.00918. The maximum Gasteiger partial charge on any atom is 0.243 e. The van der Waals surface area contributed by atoms with E-state index >= 15 is 0 Å². The zero-order valence-electron chi connectivity index (χ0n) is 22.9. The van der Waals surface area contributed by atoms with E-state index in [4.69, 9.17) is 14.8 Å². The Bertz CT molecular complexity index is 1540. The number of aromatic nitrogens is 3. The van der Waals surface area contributed by atoms with Crippen LogP contribution in [0.3, 0.4) is 0 Å². The summed E-state index contributed by atoms with van der Waals surface area (Å²) in [6, 6.07) is 23.4. The highest BCUT2D eigenvalue weighted by atomic mass is 32.2. The first-order chi connectivity index (χ1) is 19.5. The van der Waals surface area contributed by atoms with Gasteiger partial charge in [0.05, 0.1) is 30.5 Å². The molecule has 1 aromatic heterocycles. The lowest BCUT2D eigenvalue weighted by Crippen LogP contribution is -2.30. The van der Waals surface area contributed by atoms with E-state index in [0.717, 1.165) is 40.4 Å². The van der Waals surface area contributed by atoms with Crippen LogP contribution in [0.25, 0.3) is 17.1 Å². The molecule has 1 aliphatic heterocycles. The number of hydrogen-bond donors (Lipinski definition) is 1. The lowest BCUT2D eigenvalue weighted by molar-refractivity contribution is -0.115. The number of nitrogens with zero attached hydrogens (tertiary/aromatic N) is 6. The van der Waals surface area contributed by atoms with Gasteiger partial charge in [-0.1, -0.05) is 68.1 Å². The Balaban J connectivity index is 1.35. The standard InChI is InChI=1S/C30H31N7O2S/c1-5-31-29-33-28(35-37(29)23-14-16-24(39-4)17-15-23)22-12-10-21(11-13-22)18-32-34-30-36(27(38)19-40-30)26-9-7-6-8-25(26)20(2)3/h6-18,20H,5,19H2,1-4H3,(H,31,33,35). The summed E-state index contributed by atoms with van der Waals surface area (Å²) >= 11 is 1.40. The van der Waals surface area contributed by atoms with E-state index in [1.807, 2.05) is 73.7 Å². The minimum Gasteiger partial charge on any atom is -0.497 e. The third-order valence-corrected chi connectivity index (χ3v) is 7.26. The Hall–Kier alpha value is -4.44. The molecule has 1 aliphatic rings. The van der Waals surface area contributed by atoms with Gasteiger partial charge in [-0.2, -0.15) is 14.8 Å². The molecule has 40 heavy (non-hydrogen) atoms. The maximum atomic E-state index is 12.7. The lowest BCUT2D eigenvalue weighted by atomic mass is 10.0. The first-order valence-corrected chi connectivity index (χ1v) is 14.1. The Morgan fingerprint density at radius 2 is 1.82 bits per heavy atom. The summed E-state index contributed by atoms with van der Waals surface area (Å²) in [6.07, 6.45) is 1.68. The quantitative estimate of drug-likeness (QED) is 0.203. The van der Waals surface area contributed by atoms with Gasteiger partial charge in [0.1, 0.15) is 5.75 Å². The molecule has 0 radical (unpaired) electrons. The van der Waals surface area contributed by atoms with E-state index in [9.17, 15) is 4.79 Å². The number of para-hydroxylation sites is 1. The van der Waals surface area contributed by atoms with Crippen LogP contribution in [-0.2, 0) is 4.79 Å². The predicted molar refractivity (Wildman–Crippen MR) is 163 cm³/mol. The van der Waals surface area contributed by atoms with Crippen LogP contribution in [0.2, 0.25) is 0 Å². The summed E-state index contributed by atoms with van der Waals surface area (Å²) < 4.78 is 7.06. The molecule has 5 rings (SSSR count). The summed E-state index contributed by atoms with van der Waals surface area (Å²) in [7, 11) is 1.64. The van der Waals surface area contributed by atoms with Crippen LogP contribution in [-0.4, -0.2) is 51.5 Å². The second-order valence-electron chi connectivity index (χ2n) is 9.38. The van der Waals surface area contributed by atoms with Crippen LogP contribution < -0.4 is 15.0 Å². The van der Waals surface area contributed by atoms with Crippen LogP contribution >= 0.6 is 11.8 Å². The van der Waals surface area contributed by atoms with Gasteiger partial charge in [0.25, 0.3) is 0 Å². The molecule has 2 heterocycles. The molecule has 0 unspecified atom stereocenters. The van der Waals surface area contributed by atoms with Gasteiger partial charge in [-0.3, -0.25) is 9.69 Å². The van der Waals surface area contributed by atoms with Gasteiger partial charge < -0.3 is 10.1 Å². The van der Waals surface area contributed by atoms with Crippen molar-refractivity contribution in [2.45, 2.75) is 26.7 Å². The predicted octanol–water partition coefficient (Wildman–Crippen LogP) is 5.97. The van der Waals surface area contributed by atoms with E-state index < -0.39 is 0 Å². The average Bonchev–Trinajstić information content (AvgIpc) is 3.57. The molecule has 1 saturated heterocycles. The fourth-order valence-corrected chi connectivity index (χ4v) is 5.14. The molecule has 1 N–H and O–H groups in total. The van der Waals surface area contributed by atoms with Gasteiger partial charge in [0.15, 0.2) is 11.0 Å². The number of carbonyl (C=O) groups is 1. The number of hydrogen-bond acceptors (Lipinski definition) is 8. The molecule has 3 aromatic carbocycles. The fraction of sp³-hybridized carbons (Fsp3) is 0.233. The van der Waals surface area contributed by atoms with E-state index in [2.05, 4.69) is 35.4 Å². The molecular formula is C30H31N7O2S. The Labute approximate surface area is 238 Å². The summed E-state index contributed by atoms with van der Waals surface area (Å²) in [5.41, 5.74) is 4.60. The number of thioether (sulfide) groups is 1. The van der Waals surface area contributed by atoms with Crippen LogP contribution in [0.15, 0.2) is 83.0 Å². The van der Waals surface area contributed by atoms with Crippen molar-refractivity contribution in [3.05, 3.63) is 83.9 Å². The highest BCUT2D eigenvalue weighted by Gasteiger charge is 2.31. The first-order valence-electron chi connectivity index (χ1n) is 13.1. The van der Waals surface area contributed by atoms with Crippen molar-refractivity contribution in [1.82, 2.24) is 14.8 Å². The molecular weight excluding hydrogens is 522 g/mol. The molecule has 9 nitrogen and oxygen atoms in total. The van der Waals surface area contributed by atoms with Crippen LogP contribution in [0.5, 0.6) is 5.75 Å². The lowest BCUT2D eigenvalue weighted by Gasteiger charge is -2.20. The largest absolute Gasteiger partial charge is 0.497 e. The van der Waals surface area contributed by atoms with E-state index in [1.54, 1.807) is 22.9 Å². The first kappa shape index (κ1) is 27.1. The summed E-state index contributed by atoms with van der Waals surface area (Å²) in [5, 5.41) is 17.3. The second-order valence-corrected chi connectivity index (χ2v) is 10.3. The molecule has 0 saturated carbocycles. The maximum absolute atomic E-state index is 12.7. The van der Waals surface area contributed by atoms with Crippen molar-refractivity contribution in [3.63, 3.8) is 0 Å². The van der Waals surface area contributed by atoms with E-state index in [0.29, 0.717) is 22.7 Å². The van der Waals surface area contributed by atoms with Crippen LogP contribution in [0.4, 0.5) is 11.6 Å². The number of amidine groups is 1. The van der Waals surface area contributed by atoms with Crippen molar-refractivity contribution >= 4 is 40.7 Å². The van der Waals surface area contributed by atoms with Gasteiger partial charge >= 0.3 is 0 Å². The third kappa shape index (κ3) is 5.76. The molecule has 1 fully saturated rings. The summed E-state index contributed by atoms with van der Waals surface area (Å²) in [5.74, 6) is 2.69. The number of rotatable bonds is 9. The monoisotopic (exact) mass is 553 g/mol. The van der Waals surface area contributed by atoms with Crippen molar-refractivity contribution < 1.29 is 9.53 Å². The highest BCUT2D eigenvalue weighted by molar-refractivity contribution is 8.15. The fourth-order valence-electron chi connectivity index (χ4n) is 4.33. The van der Waals surface area contributed by atoms with Gasteiger partial charge in [-0.05, 0) is 54.3 Å². The van der Waals surface area contributed by atoms with Gasteiger partial charge in [0, 0.05) is 12.1 Å². The van der Waals surface area contributed by atoms with Gasteiger partial charge in [-0.25, -0.2) is 0 Å². The number of benzene rings is 3. The second kappa shape index (κ2) is 12.2. The smallest absolute Gasteiger partial charge is 0.243 e. The Morgan fingerprint density at radius 3 is 2.52 bits per heavy atom. The zero-order valence-corrected chi connectivity index (χ0v) is 23.7. The van der Waals surface area contributed by atoms with Gasteiger partial charge in [0.2, 0.25) is 11.9 Å². The number of anilines is 2. The molecule has 0 atom stereocenters. The molecule has 0 spiro atoms. The van der Waals surface area contributed by atoms with Crippen LogP contribution in [0.1, 0.15) is 37.8 Å².